The van der Waals surface area contributed by atoms with E-state index in [2.05, 4.69) is 22.2 Å². The molecule has 1 amide bonds. The first kappa shape index (κ1) is 16.2. The van der Waals surface area contributed by atoms with Crippen molar-refractivity contribution in [3.63, 3.8) is 0 Å². The van der Waals surface area contributed by atoms with Crippen LogP contribution in [0.15, 0.2) is 29.2 Å². The topological polar surface area (TPSA) is 35.6 Å². The number of likely N-dealkylation sites (N-methyl/N-ethyl adjacent to an activating group) is 1. The number of nitrogens with one attached hydrogen (secondary N) is 1. The van der Waals surface area contributed by atoms with E-state index in [1.165, 1.54) is 0 Å². The first-order chi connectivity index (χ1) is 10.0. The van der Waals surface area contributed by atoms with Crippen LogP contribution in [0.1, 0.15) is 0 Å². The van der Waals surface area contributed by atoms with Gasteiger partial charge in [-0.2, -0.15) is 8.78 Å². The average molecular weight is 315 g/mol. The maximum absolute atomic E-state index is 12.2. The molecule has 1 aliphatic rings. The minimum Gasteiger partial charge on any atom is -0.325 e. The zero-order valence-corrected chi connectivity index (χ0v) is 12.7. The lowest BCUT2D eigenvalue weighted by atomic mass is 10.3. The molecule has 7 heteroatoms. The van der Waals surface area contributed by atoms with E-state index in [0.29, 0.717) is 28.9 Å². The lowest BCUT2D eigenvalue weighted by Crippen LogP contribution is -2.47. The van der Waals surface area contributed by atoms with Crippen molar-refractivity contribution < 1.29 is 13.6 Å². The normalized spacial score (nSPS) is 17.1. The van der Waals surface area contributed by atoms with Crippen molar-refractivity contribution in [1.29, 1.82) is 0 Å². The van der Waals surface area contributed by atoms with E-state index >= 15 is 0 Å². The molecule has 0 atom stereocenters. The molecule has 0 spiro atoms. The van der Waals surface area contributed by atoms with Gasteiger partial charge in [0.25, 0.3) is 5.76 Å². The zero-order valence-electron chi connectivity index (χ0n) is 11.9. The Morgan fingerprint density at radius 2 is 1.86 bits per heavy atom. The number of hydrogen-bond donors (Lipinski definition) is 1. The second kappa shape index (κ2) is 7.72. The lowest BCUT2D eigenvalue weighted by Gasteiger charge is -2.31. The molecule has 1 saturated heterocycles. The van der Waals surface area contributed by atoms with Crippen LogP contribution in [0, 0.1) is 0 Å². The molecule has 1 aromatic carbocycles. The van der Waals surface area contributed by atoms with Gasteiger partial charge in [-0.25, -0.2) is 0 Å². The molecule has 1 aromatic rings. The molecule has 0 bridgehead atoms. The highest BCUT2D eigenvalue weighted by molar-refractivity contribution is 7.99. The van der Waals surface area contributed by atoms with E-state index in [1.54, 1.807) is 24.3 Å². The number of anilines is 1. The van der Waals surface area contributed by atoms with E-state index in [-0.39, 0.29) is 5.91 Å². The zero-order chi connectivity index (χ0) is 15.2. The van der Waals surface area contributed by atoms with Gasteiger partial charge < -0.3 is 10.2 Å². The van der Waals surface area contributed by atoms with E-state index < -0.39 is 5.76 Å². The molecule has 1 heterocycles. The standard InChI is InChI=1S/C14H19F2N3OS/c1-18-6-8-19(9-7-18)10-13(20)17-11-2-4-12(5-3-11)21-14(15)16/h2-5,14H,6-10H2,1H3,(H,17,20). The van der Waals surface area contributed by atoms with Crippen molar-refractivity contribution in [2.45, 2.75) is 10.7 Å². The number of alkyl halides is 2. The summed E-state index contributed by atoms with van der Waals surface area (Å²) < 4.78 is 24.4. The maximum atomic E-state index is 12.2. The summed E-state index contributed by atoms with van der Waals surface area (Å²) in [5.41, 5.74) is 0.632. The van der Waals surface area contributed by atoms with Gasteiger partial charge in [-0.3, -0.25) is 9.69 Å². The third kappa shape index (κ3) is 5.61. The van der Waals surface area contributed by atoms with Gasteiger partial charge in [0, 0.05) is 36.8 Å². The van der Waals surface area contributed by atoms with E-state index in [1.807, 2.05) is 0 Å². The first-order valence-corrected chi connectivity index (χ1v) is 7.66. The minimum absolute atomic E-state index is 0.0752. The summed E-state index contributed by atoms with van der Waals surface area (Å²) in [6.07, 6.45) is 0. The smallest absolute Gasteiger partial charge is 0.288 e. The van der Waals surface area contributed by atoms with Crippen molar-refractivity contribution in [2.24, 2.45) is 0 Å². The number of hydrogen-bond acceptors (Lipinski definition) is 4. The van der Waals surface area contributed by atoms with Crippen LogP contribution < -0.4 is 5.32 Å². The van der Waals surface area contributed by atoms with Crippen molar-refractivity contribution in [3.8, 4) is 0 Å². The van der Waals surface area contributed by atoms with Crippen LogP contribution in [0.4, 0.5) is 14.5 Å². The summed E-state index contributed by atoms with van der Waals surface area (Å²) in [5, 5.41) is 2.79. The number of carbonyl (C=O) groups is 1. The van der Waals surface area contributed by atoms with Crippen LogP contribution in [-0.4, -0.2) is 61.2 Å². The Morgan fingerprint density at radius 3 is 2.43 bits per heavy atom. The van der Waals surface area contributed by atoms with Gasteiger partial charge in [0.15, 0.2) is 0 Å². The Balaban J connectivity index is 1.79. The third-order valence-corrected chi connectivity index (χ3v) is 4.05. The molecule has 1 N–H and O–H groups in total. The summed E-state index contributed by atoms with van der Waals surface area (Å²) in [4.78, 5) is 16.8. The van der Waals surface area contributed by atoms with E-state index in [9.17, 15) is 13.6 Å². The van der Waals surface area contributed by atoms with Gasteiger partial charge in [0.1, 0.15) is 0 Å². The van der Waals surface area contributed by atoms with Crippen LogP contribution in [0.5, 0.6) is 0 Å². The number of nitrogens with zero attached hydrogens (tertiary/aromatic N) is 2. The Bertz CT molecular complexity index is 462. The molecule has 116 valence electrons. The van der Waals surface area contributed by atoms with Crippen molar-refractivity contribution in [3.05, 3.63) is 24.3 Å². The molecule has 4 nitrogen and oxygen atoms in total. The number of rotatable bonds is 5. The Hall–Kier alpha value is -1.18. The Morgan fingerprint density at radius 1 is 1.24 bits per heavy atom. The monoisotopic (exact) mass is 315 g/mol. The number of amides is 1. The second-order valence-corrected chi connectivity index (χ2v) is 6.09. The van der Waals surface area contributed by atoms with Gasteiger partial charge >= 0.3 is 0 Å². The molecule has 0 aromatic heterocycles. The molecule has 0 saturated carbocycles. The molecule has 21 heavy (non-hydrogen) atoms. The van der Waals surface area contributed by atoms with Gasteiger partial charge in [0.05, 0.1) is 6.54 Å². The third-order valence-electron chi connectivity index (χ3n) is 3.33. The number of halogens is 2. The van der Waals surface area contributed by atoms with Gasteiger partial charge in [-0.1, -0.05) is 11.8 Å². The SMILES string of the molecule is CN1CCN(CC(=O)Nc2ccc(SC(F)F)cc2)CC1. The number of piperazine rings is 1. The average Bonchev–Trinajstić information content (AvgIpc) is 2.43. The maximum Gasteiger partial charge on any atom is 0.288 e. The van der Waals surface area contributed by atoms with Crippen LogP contribution >= 0.6 is 11.8 Å². The summed E-state index contributed by atoms with van der Waals surface area (Å²) >= 11 is 0.496. The number of carbonyl (C=O) groups excluding carboxylic acids is 1. The molecular weight excluding hydrogens is 296 g/mol. The fourth-order valence-corrected chi connectivity index (χ4v) is 2.63. The van der Waals surface area contributed by atoms with Gasteiger partial charge in [0.2, 0.25) is 5.91 Å². The number of benzene rings is 1. The summed E-state index contributed by atoms with van der Waals surface area (Å²) in [6.45, 7) is 4.06. The van der Waals surface area contributed by atoms with E-state index in [0.717, 1.165) is 26.2 Å². The quantitative estimate of drug-likeness (QED) is 0.845. The van der Waals surface area contributed by atoms with Crippen molar-refractivity contribution in [1.82, 2.24) is 9.80 Å². The summed E-state index contributed by atoms with van der Waals surface area (Å²) in [7, 11) is 2.07. The fourth-order valence-electron chi connectivity index (χ4n) is 2.13. The van der Waals surface area contributed by atoms with E-state index in [4.69, 9.17) is 0 Å². The summed E-state index contributed by atoms with van der Waals surface area (Å²) in [6, 6.07) is 6.46. The van der Waals surface area contributed by atoms with Crippen molar-refractivity contribution in [2.75, 3.05) is 45.1 Å². The molecule has 2 rings (SSSR count). The summed E-state index contributed by atoms with van der Waals surface area (Å²) in [5.74, 6) is -2.50. The van der Waals surface area contributed by atoms with Crippen LogP contribution in [0.2, 0.25) is 0 Å². The number of thioether (sulfide) groups is 1. The molecule has 0 radical (unpaired) electrons. The molecule has 1 fully saturated rings. The van der Waals surface area contributed by atoms with Crippen LogP contribution in [0.3, 0.4) is 0 Å². The highest BCUT2D eigenvalue weighted by atomic mass is 32.2. The Kier molecular flexibility index (Phi) is 5.96. The Labute approximate surface area is 127 Å². The highest BCUT2D eigenvalue weighted by Gasteiger charge is 2.16. The highest BCUT2D eigenvalue weighted by Crippen LogP contribution is 2.26. The van der Waals surface area contributed by atoms with Gasteiger partial charge in [-0.05, 0) is 31.3 Å². The first-order valence-electron chi connectivity index (χ1n) is 6.78. The largest absolute Gasteiger partial charge is 0.325 e. The molecule has 0 aliphatic carbocycles. The predicted molar refractivity (Wildman–Crippen MR) is 80.9 cm³/mol. The van der Waals surface area contributed by atoms with Crippen LogP contribution in [-0.2, 0) is 4.79 Å². The fraction of sp³-hybridized carbons (Fsp3) is 0.500. The molecule has 0 unspecified atom stereocenters. The second-order valence-electron chi connectivity index (χ2n) is 5.03. The van der Waals surface area contributed by atoms with Crippen LogP contribution in [0.25, 0.3) is 0 Å². The van der Waals surface area contributed by atoms with Crippen molar-refractivity contribution >= 4 is 23.4 Å². The lowest BCUT2D eigenvalue weighted by molar-refractivity contribution is -0.117. The van der Waals surface area contributed by atoms with Gasteiger partial charge in [-0.15, -0.1) is 0 Å². The minimum atomic E-state index is -2.43. The molecular formula is C14H19F2N3OS. The predicted octanol–water partition coefficient (Wildman–Crippen LogP) is 2.19. The molecule has 1 aliphatic heterocycles.